The van der Waals surface area contributed by atoms with Crippen LogP contribution in [-0.4, -0.2) is 37.1 Å². The van der Waals surface area contributed by atoms with Crippen molar-refractivity contribution in [2.24, 2.45) is 5.41 Å². The fraction of sp³-hybridized carbons (Fsp3) is 1.00. The molecule has 0 aromatic rings. The van der Waals surface area contributed by atoms with E-state index in [9.17, 15) is 0 Å². The summed E-state index contributed by atoms with van der Waals surface area (Å²) in [6.45, 7) is 11.9. The van der Waals surface area contributed by atoms with Gasteiger partial charge in [-0.05, 0) is 52.1 Å². The predicted molar refractivity (Wildman–Crippen MR) is 67.2 cm³/mol. The van der Waals surface area contributed by atoms with Crippen LogP contribution in [0.2, 0.25) is 0 Å². The fourth-order valence-electron chi connectivity index (χ4n) is 2.70. The highest BCUT2D eigenvalue weighted by molar-refractivity contribution is 4.91. The molecule has 0 bridgehead atoms. The van der Waals surface area contributed by atoms with E-state index < -0.39 is 0 Å². The largest absolute Gasteiger partial charge is 0.316 e. The number of hydrogen-bond donors (Lipinski definition) is 1. The van der Waals surface area contributed by atoms with E-state index in [-0.39, 0.29) is 0 Å². The maximum absolute atomic E-state index is 3.36. The Hall–Kier alpha value is -0.0800. The van der Waals surface area contributed by atoms with Gasteiger partial charge in [0.1, 0.15) is 0 Å². The zero-order valence-corrected chi connectivity index (χ0v) is 11.1. The van der Waals surface area contributed by atoms with Crippen molar-refractivity contribution in [2.75, 3.05) is 20.1 Å². The maximum atomic E-state index is 3.36. The van der Waals surface area contributed by atoms with Crippen molar-refractivity contribution in [2.45, 2.75) is 59.0 Å². The van der Waals surface area contributed by atoms with E-state index in [2.05, 4.69) is 45.0 Å². The molecule has 2 atom stereocenters. The van der Waals surface area contributed by atoms with Crippen LogP contribution in [0.4, 0.5) is 0 Å². The minimum Gasteiger partial charge on any atom is -0.316 e. The number of nitrogens with zero attached hydrogens (tertiary/aromatic N) is 1. The summed E-state index contributed by atoms with van der Waals surface area (Å²) in [5.41, 5.74) is 0.613. The van der Waals surface area contributed by atoms with E-state index >= 15 is 0 Å². The normalized spacial score (nSPS) is 25.4. The molecule has 2 nitrogen and oxygen atoms in total. The lowest BCUT2D eigenvalue weighted by Crippen LogP contribution is -2.45. The average Bonchev–Trinajstić information content (AvgIpc) is 2.72. The first-order valence-electron chi connectivity index (χ1n) is 6.50. The molecule has 0 aliphatic carbocycles. The minimum absolute atomic E-state index is 0.592. The number of hydrogen-bond acceptors (Lipinski definition) is 2. The molecular formula is C13H28N2. The molecule has 90 valence electrons. The van der Waals surface area contributed by atoms with Crippen molar-refractivity contribution in [3.8, 4) is 0 Å². The molecule has 1 aliphatic rings. The van der Waals surface area contributed by atoms with Crippen LogP contribution < -0.4 is 5.32 Å². The second-order valence-electron chi connectivity index (χ2n) is 5.25. The Bertz CT molecular complexity index is 187. The van der Waals surface area contributed by atoms with Gasteiger partial charge in [-0.2, -0.15) is 0 Å². The van der Waals surface area contributed by atoms with E-state index in [1.165, 1.54) is 32.4 Å². The Kier molecular flexibility index (Phi) is 4.60. The van der Waals surface area contributed by atoms with Gasteiger partial charge in [0.15, 0.2) is 0 Å². The standard InChI is InChI=1S/C13H28N2/c1-6-13(7-2)8-9-15(10-13)12(4)11(3)14-5/h11-12,14H,6-10H2,1-5H3. The van der Waals surface area contributed by atoms with Gasteiger partial charge in [-0.1, -0.05) is 13.8 Å². The molecule has 1 saturated heterocycles. The highest BCUT2D eigenvalue weighted by atomic mass is 15.2. The number of nitrogens with one attached hydrogen (secondary N) is 1. The third kappa shape index (κ3) is 2.73. The molecule has 1 aliphatic heterocycles. The Morgan fingerprint density at radius 1 is 1.27 bits per heavy atom. The molecule has 15 heavy (non-hydrogen) atoms. The van der Waals surface area contributed by atoms with E-state index in [4.69, 9.17) is 0 Å². The van der Waals surface area contributed by atoms with Gasteiger partial charge >= 0.3 is 0 Å². The van der Waals surface area contributed by atoms with Crippen molar-refractivity contribution in [3.05, 3.63) is 0 Å². The van der Waals surface area contributed by atoms with Gasteiger partial charge in [0.05, 0.1) is 0 Å². The summed E-state index contributed by atoms with van der Waals surface area (Å²) in [6, 6.07) is 1.25. The summed E-state index contributed by atoms with van der Waals surface area (Å²) < 4.78 is 0. The van der Waals surface area contributed by atoms with Crippen molar-refractivity contribution in [1.82, 2.24) is 10.2 Å². The molecule has 0 aromatic carbocycles. The summed E-state index contributed by atoms with van der Waals surface area (Å²) in [5.74, 6) is 0. The molecule has 0 saturated carbocycles. The van der Waals surface area contributed by atoms with Crippen molar-refractivity contribution < 1.29 is 0 Å². The summed E-state index contributed by atoms with van der Waals surface area (Å²) >= 11 is 0. The van der Waals surface area contributed by atoms with Crippen LogP contribution in [0.15, 0.2) is 0 Å². The molecule has 1 heterocycles. The van der Waals surface area contributed by atoms with Crippen LogP contribution >= 0.6 is 0 Å². The van der Waals surface area contributed by atoms with Gasteiger partial charge in [-0.15, -0.1) is 0 Å². The molecular weight excluding hydrogens is 184 g/mol. The van der Waals surface area contributed by atoms with E-state index in [0.29, 0.717) is 17.5 Å². The third-order valence-corrected chi connectivity index (χ3v) is 4.72. The molecule has 0 radical (unpaired) electrons. The Balaban J connectivity index is 2.55. The lowest BCUT2D eigenvalue weighted by Gasteiger charge is -2.32. The molecule has 2 unspecified atom stereocenters. The molecule has 0 spiro atoms. The molecule has 1 rings (SSSR count). The SMILES string of the molecule is CCC1(CC)CCN(C(C)C(C)NC)C1. The zero-order chi connectivity index (χ0) is 11.5. The lowest BCUT2D eigenvalue weighted by atomic mass is 9.82. The van der Waals surface area contributed by atoms with Gasteiger partial charge in [0.2, 0.25) is 0 Å². The van der Waals surface area contributed by atoms with Crippen LogP contribution in [0.3, 0.4) is 0 Å². The number of likely N-dealkylation sites (N-methyl/N-ethyl adjacent to an activating group) is 1. The highest BCUT2D eigenvalue weighted by Gasteiger charge is 2.37. The quantitative estimate of drug-likeness (QED) is 0.753. The highest BCUT2D eigenvalue weighted by Crippen LogP contribution is 2.37. The van der Waals surface area contributed by atoms with Gasteiger partial charge in [0.25, 0.3) is 0 Å². The first-order valence-corrected chi connectivity index (χ1v) is 6.50. The lowest BCUT2D eigenvalue weighted by molar-refractivity contribution is 0.179. The van der Waals surface area contributed by atoms with Crippen LogP contribution in [0.1, 0.15) is 47.0 Å². The Morgan fingerprint density at radius 2 is 1.87 bits per heavy atom. The van der Waals surface area contributed by atoms with Crippen LogP contribution in [0.25, 0.3) is 0 Å². The summed E-state index contributed by atoms with van der Waals surface area (Å²) in [4.78, 5) is 2.66. The van der Waals surface area contributed by atoms with Gasteiger partial charge in [-0.3, -0.25) is 4.90 Å². The minimum atomic E-state index is 0.592. The van der Waals surface area contributed by atoms with Crippen LogP contribution in [0.5, 0.6) is 0 Å². The molecule has 0 aromatic heterocycles. The van der Waals surface area contributed by atoms with E-state index in [1.54, 1.807) is 0 Å². The molecule has 2 heteroatoms. The first kappa shape index (κ1) is 13.0. The number of rotatable bonds is 5. The fourth-order valence-corrected chi connectivity index (χ4v) is 2.70. The smallest absolute Gasteiger partial charge is 0.0218 e. The Labute approximate surface area is 95.4 Å². The van der Waals surface area contributed by atoms with Crippen molar-refractivity contribution in [1.29, 1.82) is 0 Å². The second kappa shape index (κ2) is 5.31. The average molecular weight is 212 g/mol. The Morgan fingerprint density at radius 3 is 2.27 bits per heavy atom. The van der Waals surface area contributed by atoms with E-state index in [0.717, 1.165) is 0 Å². The van der Waals surface area contributed by atoms with Crippen LogP contribution in [-0.2, 0) is 0 Å². The second-order valence-corrected chi connectivity index (χ2v) is 5.25. The summed E-state index contributed by atoms with van der Waals surface area (Å²) in [7, 11) is 2.06. The zero-order valence-electron chi connectivity index (χ0n) is 11.1. The summed E-state index contributed by atoms with van der Waals surface area (Å²) in [6.07, 6.45) is 4.06. The molecule has 1 N–H and O–H groups in total. The third-order valence-electron chi connectivity index (χ3n) is 4.72. The van der Waals surface area contributed by atoms with Gasteiger partial charge in [-0.25, -0.2) is 0 Å². The topological polar surface area (TPSA) is 15.3 Å². The van der Waals surface area contributed by atoms with Crippen LogP contribution in [0, 0.1) is 5.41 Å². The van der Waals surface area contributed by atoms with E-state index in [1.807, 2.05) is 0 Å². The van der Waals surface area contributed by atoms with Crippen molar-refractivity contribution >= 4 is 0 Å². The molecule has 1 fully saturated rings. The maximum Gasteiger partial charge on any atom is 0.0218 e. The molecule has 0 amide bonds. The summed E-state index contributed by atoms with van der Waals surface area (Å²) in [5, 5.41) is 3.36. The first-order chi connectivity index (χ1) is 7.08. The van der Waals surface area contributed by atoms with Crippen molar-refractivity contribution in [3.63, 3.8) is 0 Å². The predicted octanol–water partition coefficient (Wildman–Crippen LogP) is 2.49. The van der Waals surface area contributed by atoms with Gasteiger partial charge < -0.3 is 5.32 Å². The monoisotopic (exact) mass is 212 g/mol. The van der Waals surface area contributed by atoms with Gasteiger partial charge in [0, 0.05) is 18.6 Å². The number of likely N-dealkylation sites (tertiary alicyclic amines) is 1.